The molecule has 0 aromatic heterocycles. The summed E-state index contributed by atoms with van der Waals surface area (Å²) in [7, 11) is 0. The van der Waals surface area contributed by atoms with Crippen molar-refractivity contribution in [3.05, 3.63) is 29.3 Å². The number of phenolic OH excluding ortho intramolecular Hbond substituents is 1. The van der Waals surface area contributed by atoms with Gasteiger partial charge in [0.25, 0.3) is 0 Å². The van der Waals surface area contributed by atoms with E-state index in [9.17, 15) is 5.11 Å². The highest BCUT2D eigenvalue weighted by Crippen LogP contribution is 2.28. The van der Waals surface area contributed by atoms with Crippen LogP contribution in [-0.2, 0) is 0 Å². The number of aromatic hydroxyl groups is 1. The molecule has 1 saturated heterocycles. The van der Waals surface area contributed by atoms with E-state index in [1.165, 1.54) is 24.2 Å². The van der Waals surface area contributed by atoms with E-state index in [0.29, 0.717) is 5.75 Å². The Kier molecular flexibility index (Phi) is 4.35. The first-order chi connectivity index (χ1) is 8.16. The van der Waals surface area contributed by atoms with Crippen molar-refractivity contribution in [2.75, 3.05) is 12.3 Å². The second-order valence-corrected chi connectivity index (χ2v) is 6.24. The van der Waals surface area contributed by atoms with Crippen LogP contribution in [-0.4, -0.2) is 22.7 Å². The quantitative estimate of drug-likeness (QED) is 0.861. The summed E-state index contributed by atoms with van der Waals surface area (Å²) in [5.74, 6) is 1.70. The minimum absolute atomic E-state index is 0.219. The smallest absolute Gasteiger partial charge is 0.120 e. The lowest BCUT2D eigenvalue weighted by molar-refractivity contribution is 0.452. The molecule has 1 aliphatic heterocycles. The zero-order valence-corrected chi connectivity index (χ0v) is 11.4. The van der Waals surface area contributed by atoms with Gasteiger partial charge >= 0.3 is 0 Å². The highest BCUT2D eigenvalue weighted by molar-refractivity contribution is 8.00. The van der Waals surface area contributed by atoms with Gasteiger partial charge in [0.2, 0.25) is 0 Å². The molecule has 0 amide bonds. The third kappa shape index (κ3) is 3.39. The van der Waals surface area contributed by atoms with Gasteiger partial charge in [0.15, 0.2) is 0 Å². The summed E-state index contributed by atoms with van der Waals surface area (Å²) in [5.41, 5.74) is 2.20. The van der Waals surface area contributed by atoms with Gasteiger partial charge in [-0.2, -0.15) is 11.8 Å². The van der Waals surface area contributed by atoms with Gasteiger partial charge in [0.05, 0.1) is 0 Å². The molecule has 3 heteroatoms. The first kappa shape index (κ1) is 12.8. The van der Waals surface area contributed by atoms with Crippen LogP contribution in [0.4, 0.5) is 0 Å². The number of hydrogen-bond donors (Lipinski definition) is 2. The number of phenols is 1. The lowest BCUT2D eigenvalue weighted by Crippen LogP contribution is -2.26. The van der Waals surface area contributed by atoms with Gasteiger partial charge in [-0.25, -0.2) is 0 Å². The summed E-state index contributed by atoms with van der Waals surface area (Å²) in [4.78, 5) is 0. The van der Waals surface area contributed by atoms with Gasteiger partial charge < -0.3 is 10.4 Å². The number of aryl methyl sites for hydroxylation is 1. The Morgan fingerprint density at radius 2 is 2.35 bits per heavy atom. The molecule has 94 valence electrons. The maximum Gasteiger partial charge on any atom is 0.120 e. The molecule has 1 aromatic carbocycles. The molecule has 1 heterocycles. The van der Waals surface area contributed by atoms with E-state index in [-0.39, 0.29) is 6.04 Å². The van der Waals surface area contributed by atoms with Gasteiger partial charge in [0.1, 0.15) is 5.75 Å². The van der Waals surface area contributed by atoms with Crippen LogP contribution in [0, 0.1) is 6.92 Å². The number of nitrogens with one attached hydrogen (secondary N) is 1. The van der Waals surface area contributed by atoms with E-state index < -0.39 is 0 Å². The number of thioether (sulfide) groups is 1. The highest BCUT2D eigenvalue weighted by Gasteiger charge is 2.17. The van der Waals surface area contributed by atoms with Crippen molar-refractivity contribution >= 4 is 11.8 Å². The molecule has 2 rings (SSSR count). The minimum Gasteiger partial charge on any atom is -0.508 e. The number of hydrogen-bond acceptors (Lipinski definition) is 3. The first-order valence-corrected chi connectivity index (χ1v) is 7.36. The Morgan fingerprint density at radius 1 is 1.53 bits per heavy atom. The van der Waals surface area contributed by atoms with Crippen molar-refractivity contribution in [2.24, 2.45) is 0 Å². The molecule has 0 bridgehead atoms. The second kappa shape index (κ2) is 5.78. The van der Waals surface area contributed by atoms with E-state index in [2.05, 4.69) is 37.0 Å². The molecule has 1 aromatic rings. The average Bonchev–Trinajstić information content (AvgIpc) is 2.82. The lowest BCUT2D eigenvalue weighted by atomic mass is 10.0. The maximum atomic E-state index is 9.85. The van der Waals surface area contributed by atoms with Crippen LogP contribution in [0.3, 0.4) is 0 Å². The summed E-state index contributed by atoms with van der Waals surface area (Å²) in [5, 5.41) is 14.1. The van der Waals surface area contributed by atoms with Crippen molar-refractivity contribution < 1.29 is 5.11 Å². The summed E-state index contributed by atoms with van der Waals surface area (Å²) >= 11 is 2.06. The van der Waals surface area contributed by atoms with Crippen LogP contribution in [0.2, 0.25) is 0 Å². The van der Waals surface area contributed by atoms with Crippen LogP contribution in [0.25, 0.3) is 0 Å². The molecule has 2 unspecified atom stereocenters. The fourth-order valence-corrected chi connectivity index (χ4v) is 3.46. The van der Waals surface area contributed by atoms with E-state index >= 15 is 0 Å². The third-order valence-electron chi connectivity index (χ3n) is 3.33. The van der Waals surface area contributed by atoms with Crippen molar-refractivity contribution in [3.63, 3.8) is 0 Å². The Balaban J connectivity index is 1.93. The Labute approximate surface area is 108 Å². The largest absolute Gasteiger partial charge is 0.508 e. The van der Waals surface area contributed by atoms with Crippen LogP contribution >= 0.6 is 11.8 Å². The summed E-state index contributed by atoms with van der Waals surface area (Å²) in [6, 6.07) is 6.01. The van der Waals surface area contributed by atoms with E-state index in [4.69, 9.17) is 0 Å². The van der Waals surface area contributed by atoms with Crippen LogP contribution in [0.5, 0.6) is 5.75 Å². The predicted molar refractivity (Wildman–Crippen MR) is 74.7 cm³/mol. The van der Waals surface area contributed by atoms with Gasteiger partial charge in [-0.05, 0) is 38.5 Å². The van der Waals surface area contributed by atoms with Crippen molar-refractivity contribution in [2.45, 2.75) is 38.0 Å². The van der Waals surface area contributed by atoms with Crippen molar-refractivity contribution in [1.82, 2.24) is 5.32 Å². The van der Waals surface area contributed by atoms with Gasteiger partial charge in [-0.3, -0.25) is 0 Å². The Hall–Kier alpha value is -0.670. The third-order valence-corrected chi connectivity index (χ3v) is 4.72. The predicted octanol–water partition coefficient (Wildman–Crippen LogP) is 3.25. The van der Waals surface area contributed by atoms with Crippen LogP contribution in [0.15, 0.2) is 18.2 Å². The van der Waals surface area contributed by atoms with Gasteiger partial charge in [-0.15, -0.1) is 0 Å². The summed E-state index contributed by atoms with van der Waals surface area (Å²) in [6.07, 6.45) is 2.67. The highest BCUT2D eigenvalue weighted by atomic mass is 32.2. The first-order valence-electron chi connectivity index (χ1n) is 6.31. The second-order valence-electron chi connectivity index (χ2n) is 4.83. The fraction of sp³-hybridized carbons (Fsp3) is 0.571. The molecule has 0 saturated carbocycles. The van der Waals surface area contributed by atoms with Crippen molar-refractivity contribution in [1.29, 1.82) is 0 Å². The molecular formula is C14H21NOS. The van der Waals surface area contributed by atoms with E-state index in [1.807, 2.05) is 6.07 Å². The molecule has 1 aliphatic rings. The average molecular weight is 251 g/mol. The molecule has 2 atom stereocenters. The molecule has 17 heavy (non-hydrogen) atoms. The van der Waals surface area contributed by atoms with Crippen LogP contribution < -0.4 is 5.32 Å². The molecule has 0 spiro atoms. The molecule has 1 fully saturated rings. The maximum absolute atomic E-state index is 9.85. The molecular weight excluding hydrogens is 230 g/mol. The zero-order chi connectivity index (χ0) is 12.3. The van der Waals surface area contributed by atoms with Crippen molar-refractivity contribution in [3.8, 4) is 5.75 Å². The number of rotatable bonds is 4. The molecule has 2 nitrogen and oxygen atoms in total. The molecule has 0 aliphatic carbocycles. The normalized spacial score (nSPS) is 21.6. The fourth-order valence-electron chi connectivity index (χ4n) is 2.24. The minimum atomic E-state index is 0.219. The Bertz CT molecular complexity index is 374. The molecule has 2 N–H and O–H groups in total. The van der Waals surface area contributed by atoms with Crippen LogP contribution in [0.1, 0.15) is 36.9 Å². The SMILES string of the molecule is Cc1ccc(O)c(C(C)NCC2CCCS2)c1. The standard InChI is InChI=1S/C14H21NOS/c1-10-5-6-14(16)13(8-10)11(2)15-9-12-4-3-7-17-12/h5-6,8,11-12,15-16H,3-4,7,9H2,1-2H3. The lowest BCUT2D eigenvalue weighted by Gasteiger charge is -2.18. The monoisotopic (exact) mass is 251 g/mol. The molecule has 0 radical (unpaired) electrons. The topological polar surface area (TPSA) is 32.3 Å². The van der Waals surface area contributed by atoms with E-state index in [0.717, 1.165) is 17.4 Å². The van der Waals surface area contributed by atoms with Gasteiger partial charge in [0, 0.05) is 23.4 Å². The summed E-state index contributed by atoms with van der Waals surface area (Å²) < 4.78 is 0. The zero-order valence-electron chi connectivity index (χ0n) is 10.6. The van der Waals surface area contributed by atoms with E-state index in [1.54, 1.807) is 6.07 Å². The summed E-state index contributed by atoms with van der Waals surface area (Å²) in [6.45, 7) is 5.22. The number of benzene rings is 1. The van der Waals surface area contributed by atoms with Gasteiger partial charge in [-0.1, -0.05) is 17.7 Å². The Morgan fingerprint density at radius 3 is 3.06 bits per heavy atom.